The summed E-state index contributed by atoms with van der Waals surface area (Å²) in [6.07, 6.45) is 1.38. The van der Waals surface area contributed by atoms with Crippen molar-refractivity contribution in [3.63, 3.8) is 0 Å². The molecule has 0 aliphatic carbocycles. The molecule has 3 aromatic carbocycles. The second kappa shape index (κ2) is 11.6. The lowest BCUT2D eigenvalue weighted by Gasteiger charge is -2.12. The molecule has 3 rings (SSSR count). The van der Waals surface area contributed by atoms with Gasteiger partial charge in [-0.2, -0.15) is 5.26 Å². The minimum absolute atomic E-state index is 0.121. The lowest BCUT2D eigenvalue weighted by Crippen LogP contribution is -2.20. The Balaban J connectivity index is 1.71. The van der Waals surface area contributed by atoms with E-state index in [0.29, 0.717) is 16.9 Å². The van der Waals surface area contributed by atoms with Crippen LogP contribution in [0.1, 0.15) is 22.3 Å². The van der Waals surface area contributed by atoms with E-state index in [1.165, 1.54) is 18.2 Å². The first-order valence-electron chi connectivity index (χ1n) is 10.7. The first-order chi connectivity index (χ1) is 16.7. The summed E-state index contributed by atoms with van der Waals surface area (Å²) < 4.78 is 5.52. The van der Waals surface area contributed by atoms with Crippen LogP contribution in [0.25, 0.3) is 6.08 Å². The number of aryl methyl sites for hydroxylation is 2. The van der Waals surface area contributed by atoms with Crippen LogP contribution in [0, 0.1) is 32.1 Å². The molecule has 3 aromatic rings. The number of benzene rings is 3. The van der Waals surface area contributed by atoms with E-state index in [-0.39, 0.29) is 33.9 Å². The molecular formula is C27H23Cl2N3O3. The zero-order valence-corrected chi connectivity index (χ0v) is 20.9. The van der Waals surface area contributed by atoms with Crippen molar-refractivity contribution in [2.24, 2.45) is 0 Å². The van der Waals surface area contributed by atoms with Gasteiger partial charge in [-0.1, -0.05) is 53.0 Å². The Labute approximate surface area is 214 Å². The van der Waals surface area contributed by atoms with Gasteiger partial charge in [0, 0.05) is 11.4 Å². The molecule has 2 N–H and O–H groups in total. The monoisotopic (exact) mass is 507 g/mol. The predicted octanol–water partition coefficient (Wildman–Crippen LogP) is 6.48. The number of hydrogen-bond donors (Lipinski definition) is 2. The van der Waals surface area contributed by atoms with Crippen LogP contribution >= 0.6 is 23.2 Å². The second-order valence-electron chi connectivity index (χ2n) is 7.89. The van der Waals surface area contributed by atoms with Crippen molar-refractivity contribution >= 4 is 52.5 Å². The number of amides is 2. The molecule has 0 aliphatic rings. The fraction of sp³-hybridized carbons (Fsp3) is 0.148. The van der Waals surface area contributed by atoms with Crippen molar-refractivity contribution in [1.82, 2.24) is 0 Å². The van der Waals surface area contributed by atoms with Crippen LogP contribution in [0.15, 0.2) is 60.2 Å². The molecule has 178 valence electrons. The van der Waals surface area contributed by atoms with E-state index in [1.54, 1.807) is 18.2 Å². The summed E-state index contributed by atoms with van der Waals surface area (Å²) in [5, 5.41) is 15.3. The molecule has 35 heavy (non-hydrogen) atoms. The molecule has 0 bridgehead atoms. The summed E-state index contributed by atoms with van der Waals surface area (Å²) in [5.74, 6) is -0.802. The standard InChI is InChI=1S/C27H23Cl2N3O3/c1-16-7-9-21(10-8-16)31-25(33)15-35-26-22(28)12-19(13-23(26)29)11-20(14-30)27(34)32-24-6-4-5-17(2)18(24)3/h4-13H,15H2,1-3H3,(H,31,33)(H,32,34)/b20-11+. The average Bonchev–Trinajstić information content (AvgIpc) is 2.81. The molecule has 0 fully saturated rings. The van der Waals surface area contributed by atoms with Crippen molar-refractivity contribution in [2.75, 3.05) is 17.2 Å². The summed E-state index contributed by atoms with van der Waals surface area (Å²) in [6.45, 7) is 5.48. The normalized spacial score (nSPS) is 10.9. The third kappa shape index (κ3) is 6.86. The van der Waals surface area contributed by atoms with Crippen LogP contribution < -0.4 is 15.4 Å². The van der Waals surface area contributed by atoms with Gasteiger partial charge in [-0.15, -0.1) is 0 Å². The van der Waals surface area contributed by atoms with Gasteiger partial charge in [-0.05, 0) is 73.9 Å². The molecular weight excluding hydrogens is 485 g/mol. The molecule has 0 saturated carbocycles. The van der Waals surface area contributed by atoms with Crippen molar-refractivity contribution < 1.29 is 14.3 Å². The van der Waals surface area contributed by atoms with Gasteiger partial charge in [-0.3, -0.25) is 9.59 Å². The van der Waals surface area contributed by atoms with E-state index in [2.05, 4.69) is 10.6 Å². The van der Waals surface area contributed by atoms with E-state index in [4.69, 9.17) is 27.9 Å². The van der Waals surface area contributed by atoms with Crippen LogP contribution in [-0.2, 0) is 9.59 Å². The molecule has 0 heterocycles. The number of halogens is 2. The lowest BCUT2D eigenvalue weighted by molar-refractivity contribution is -0.118. The van der Waals surface area contributed by atoms with Crippen molar-refractivity contribution in [2.45, 2.75) is 20.8 Å². The van der Waals surface area contributed by atoms with E-state index in [9.17, 15) is 14.9 Å². The number of nitrogens with zero attached hydrogens (tertiary/aromatic N) is 1. The molecule has 0 radical (unpaired) electrons. The molecule has 0 aromatic heterocycles. The highest BCUT2D eigenvalue weighted by molar-refractivity contribution is 6.37. The predicted molar refractivity (Wildman–Crippen MR) is 140 cm³/mol. The Morgan fingerprint density at radius 3 is 2.29 bits per heavy atom. The quantitative estimate of drug-likeness (QED) is 0.282. The van der Waals surface area contributed by atoms with Crippen LogP contribution in [0.2, 0.25) is 10.0 Å². The number of carbonyl (C=O) groups is 2. The molecule has 0 atom stereocenters. The van der Waals surface area contributed by atoms with Crippen molar-refractivity contribution in [3.05, 3.63) is 92.5 Å². The van der Waals surface area contributed by atoms with Gasteiger partial charge in [0.2, 0.25) is 0 Å². The third-order valence-corrected chi connectivity index (χ3v) is 5.79. The third-order valence-electron chi connectivity index (χ3n) is 5.23. The largest absolute Gasteiger partial charge is 0.481 e. The molecule has 0 spiro atoms. The minimum atomic E-state index is -0.554. The minimum Gasteiger partial charge on any atom is -0.481 e. The van der Waals surface area contributed by atoms with Crippen LogP contribution in [0.4, 0.5) is 11.4 Å². The summed E-state index contributed by atoms with van der Waals surface area (Å²) in [6, 6.07) is 17.8. The number of rotatable bonds is 7. The van der Waals surface area contributed by atoms with Gasteiger partial charge in [0.1, 0.15) is 11.6 Å². The maximum absolute atomic E-state index is 12.7. The SMILES string of the molecule is Cc1ccc(NC(=O)COc2c(Cl)cc(/C=C(\C#N)C(=O)Nc3cccc(C)c3C)cc2Cl)cc1. The smallest absolute Gasteiger partial charge is 0.266 e. The van der Waals surface area contributed by atoms with Crippen LogP contribution in [0.3, 0.4) is 0 Å². The summed E-state index contributed by atoms with van der Waals surface area (Å²) in [7, 11) is 0. The van der Waals surface area contributed by atoms with Crippen molar-refractivity contribution in [1.29, 1.82) is 5.26 Å². The zero-order chi connectivity index (χ0) is 25.5. The number of ether oxygens (including phenoxy) is 1. The van der Waals surface area contributed by atoms with Crippen LogP contribution in [-0.4, -0.2) is 18.4 Å². The van der Waals surface area contributed by atoms with E-state index < -0.39 is 5.91 Å². The molecule has 0 aliphatic heterocycles. The Kier molecular flexibility index (Phi) is 8.53. The maximum atomic E-state index is 12.7. The van der Waals surface area contributed by atoms with Gasteiger partial charge >= 0.3 is 0 Å². The summed E-state index contributed by atoms with van der Waals surface area (Å²) in [4.78, 5) is 24.9. The molecule has 0 saturated heterocycles. The van der Waals surface area contributed by atoms with E-state index >= 15 is 0 Å². The topological polar surface area (TPSA) is 91.2 Å². The Morgan fingerprint density at radius 1 is 1.00 bits per heavy atom. The maximum Gasteiger partial charge on any atom is 0.266 e. The van der Waals surface area contributed by atoms with Gasteiger partial charge in [0.05, 0.1) is 10.0 Å². The molecule has 0 unspecified atom stereocenters. The fourth-order valence-electron chi connectivity index (χ4n) is 3.16. The van der Waals surface area contributed by atoms with Gasteiger partial charge in [-0.25, -0.2) is 0 Å². The molecule has 8 heteroatoms. The first-order valence-corrected chi connectivity index (χ1v) is 11.4. The fourth-order valence-corrected chi connectivity index (χ4v) is 3.78. The Morgan fingerprint density at radius 2 is 1.66 bits per heavy atom. The average molecular weight is 508 g/mol. The van der Waals surface area contributed by atoms with Crippen molar-refractivity contribution in [3.8, 4) is 11.8 Å². The number of nitriles is 1. The number of anilines is 2. The lowest BCUT2D eigenvalue weighted by atomic mass is 10.1. The highest BCUT2D eigenvalue weighted by Crippen LogP contribution is 2.35. The Bertz CT molecular complexity index is 1320. The van der Waals surface area contributed by atoms with E-state index in [0.717, 1.165) is 16.7 Å². The van der Waals surface area contributed by atoms with Crippen LogP contribution in [0.5, 0.6) is 5.75 Å². The number of carbonyl (C=O) groups excluding carboxylic acids is 2. The van der Waals surface area contributed by atoms with Gasteiger partial charge in [0.15, 0.2) is 12.4 Å². The van der Waals surface area contributed by atoms with Gasteiger partial charge in [0.25, 0.3) is 11.8 Å². The summed E-state index contributed by atoms with van der Waals surface area (Å²) >= 11 is 12.6. The number of nitrogens with one attached hydrogen (secondary N) is 2. The highest BCUT2D eigenvalue weighted by Gasteiger charge is 2.15. The Hall–Kier alpha value is -3.79. The second-order valence-corrected chi connectivity index (χ2v) is 8.70. The first kappa shape index (κ1) is 25.8. The van der Waals surface area contributed by atoms with E-state index in [1.807, 2.05) is 51.1 Å². The highest BCUT2D eigenvalue weighted by atomic mass is 35.5. The summed E-state index contributed by atoms with van der Waals surface area (Å²) in [5.41, 5.74) is 4.59. The molecule has 2 amide bonds. The number of hydrogen-bond acceptors (Lipinski definition) is 4. The molecule has 6 nitrogen and oxygen atoms in total. The van der Waals surface area contributed by atoms with Gasteiger partial charge < -0.3 is 15.4 Å². The zero-order valence-electron chi connectivity index (χ0n) is 19.4.